The lowest BCUT2D eigenvalue weighted by Crippen LogP contribution is -2.52. The summed E-state index contributed by atoms with van der Waals surface area (Å²) in [5.74, 6) is 2.68. The molecule has 0 radical (unpaired) electrons. The molecule has 1 aliphatic carbocycles. The Morgan fingerprint density at radius 1 is 1.50 bits per heavy atom. The Bertz CT molecular complexity index is 232. The Morgan fingerprint density at radius 3 is 2.71 bits per heavy atom. The second kappa shape index (κ2) is 3.74. The molecule has 80 valence electrons. The molecule has 0 aromatic rings. The number of hydrogen-bond donors (Lipinski definition) is 2. The molecule has 1 heterocycles. The minimum absolute atomic E-state index is 0.00792. The van der Waals surface area contributed by atoms with E-state index in [-0.39, 0.29) is 17.5 Å². The van der Waals surface area contributed by atoms with Gasteiger partial charge in [-0.15, -0.1) is 11.8 Å². The Kier molecular flexibility index (Phi) is 2.75. The minimum Gasteiger partial charge on any atom is -0.350 e. The average Bonchev–Trinajstić information content (AvgIpc) is 2.82. The number of thioether (sulfide) groups is 1. The smallest absolute Gasteiger partial charge is 0.238 e. The Hall–Kier alpha value is -0.220. The van der Waals surface area contributed by atoms with Crippen LogP contribution in [0.5, 0.6) is 0 Å². The van der Waals surface area contributed by atoms with Gasteiger partial charge in [0, 0.05) is 17.2 Å². The highest BCUT2D eigenvalue weighted by atomic mass is 32.2. The van der Waals surface area contributed by atoms with Crippen LogP contribution in [0.1, 0.15) is 26.7 Å². The number of carbonyl (C=O) groups excluding carboxylic acids is 1. The maximum atomic E-state index is 11.8. The first-order valence-electron chi connectivity index (χ1n) is 5.23. The SMILES string of the molecule is CC(C)(NC(=O)C1CSCN1)C1CC1. The van der Waals surface area contributed by atoms with Crippen molar-refractivity contribution < 1.29 is 4.79 Å². The van der Waals surface area contributed by atoms with Gasteiger partial charge in [-0.25, -0.2) is 0 Å². The van der Waals surface area contributed by atoms with Gasteiger partial charge in [0.15, 0.2) is 0 Å². The molecule has 2 rings (SSSR count). The molecular weight excluding hydrogens is 196 g/mol. The standard InChI is InChI=1S/C10H18N2OS/c1-10(2,7-3-4-7)12-9(13)8-5-14-6-11-8/h7-8,11H,3-6H2,1-2H3,(H,12,13). The van der Waals surface area contributed by atoms with Crippen LogP contribution in [0.2, 0.25) is 0 Å². The van der Waals surface area contributed by atoms with E-state index in [1.54, 1.807) is 11.8 Å². The normalized spacial score (nSPS) is 27.7. The topological polar surface area (TPSA) is 41.1 Å². The highest BCUT2D eigenvalue weighted by molar-refractivity contribution is 7.99. The van der Waals surface area contributed by atoms with E-state index < -0.39 is 0 Å². The second-order valence-corrected chi connectivity index (χ2v) is 5.79. The van der Waals surface area contributed by atoms with Gasteiger partial charge in [-0.1, -0.05) is 0 Å². The fraction of sp³-hybridized carbons (Fsp3) is 0.900. The summed E-state index contributed by atoms with van der Waals surface area (Å²) in [7, 11) is 0. The molecular formula is C10H18N2OS. The summed E-state index contributed by atoms with van der Waals surface area (Å²) in [5.41, 5.74) is -0.00792. The van der Waals surface area contributed by atoms with Crippen molar-refractivity contribution in [2.45, 2.75) is 38.3 Å². The summed E-state index contributed by atoms with van der Waals surface area (Å²) in [6.45, 7) is 4.26. The van der Waals surface area contributed by atoms with E-state index >= 15 is 0 Å². The predicted octanol–water partition coefficient (Wildman–Crippen LogP) is 0.954. The summed E-state index contributed by atoms with van der Waals surface area (Å²) in [4.78, 5) is 11.8. The van der Waals surface area contributed by atoms with E-state index in [0.717, 1.165) is 11.6 Å². The van der Waals surface area contributed by atoms with Crippen LogP contribution in [0.3, 0.4) is 0 Å². The minimum atomic E-state index is -0.00792. The fourth-order valence-corrected chi connectivity index (χ4v) is 2.82. The number of nitrogens with one attached hydrogen (secondary N) is 2. The van der Waals surface area contributed by atoms with Gasteiger partial charge in [0.25, 0.3) is 0 Å². The zero-order valence-electron chi connectivity index (χ0n) is 8.80. The van der Waals surface area contributed by atoms with Crippen molar-refractivity contribution in [3.63, 3.8) is 0 Å². The lowest BCUT2D eigenvalue weighted by molar-refractivity contribution is -0.124. The molecule has 1 unspecified atom stereocenters. The van der Waals surface area contributed by atoms with E-state index in [9.17, 15) is 4.79 Å². The van der Waals surface area contributed by atoms with Crippen molar-refractivity contribution in [2.24, 2.45) is 5.92 Å². The zero-order chi connectivity index (χ0) is 10.2. The first kappa shape index (κ1) is 10.3. The van der Waals surface area contributed by atoms with Gasteiger partial charge < -0.3 is 5.32 Å². The zero-order valence-corrected chi connectivity index (χ0v) is 9.62. The Morgan fingerprint density at radius 2 is 2.21 bits per heavy atom. The number of hydrogen-bond acceptors (Lipinski definition) is 3. The number of carbonyl (C=O) groups is 1. The van der Waals surface area contributed by atoms with E-state index in [2.05, 4.69) is 24.5 Å². The van der Waals surface area contributed by atoms with Crippen molar-refractivity contribution in [1.29, 1.82) is 0 Å². The molecule has 1 saturated carbocycles. The maximum Gasteiger partial charge on any atom is 0.238 e. The van der Waals surface area contributed by atoms with Crippen LogP contribution in [0.25, 0.3) is 0 Å². The lowest BCUT2D eigenvalue weighted by Gasteiger charge is -2.27. The van der Waals surface area contributed by atoms with Gasteiger partial charge in [-0.05, 0) is 32.6 Å². The largest absolute Gasteiger partial charge is 0.350 e. The highest BCUT2D eigenvalue weighted by Crippen LogP contribution is 2.39. The first-order valence-corrected chi connectivity index (χ1v) is 6.38. The van der Waals surface area contributed by atoms with Gasteiger partial charge in [0.05, 0.1) is 6.04 Å². The van der Waals surface area contributed by atoms with E-state index in [1.165, 1.54) is 12.8 Å². The Balaban J connectivity index is 1.86. The van der Waals surface area contributed by atoms with Crippen molar-refractivity contribution in [2.75, 3.05) is 11.6 Å². The quantitative estimate of drug-likeness (QED) is 0.735. The van der Waals surface area contributed by atoms with Crippen LogP contribution in [-0.4, -0.2) is 29.1 Å². The molecule has 1 aliphatic heterocycles. The second-order valence-electron chi connectivity index (χ2n) is 4.76. The molecule has 0 spiro atoms. The van der Waals surface area contributed by atoms with Crippen LogP contribution in [0, 0.1) is 5.92 Å². The molecule has 2 fully saturated rings. The third-order valence-electron chi connectivity index (χ3n) is 3.08. The first-order chi connectivity index (χ1) is 6.59. The molecule has 0 aromatic heterocycles. The summed E-state index contributed by atoms with van der Waals surface area (Å²) in [5, 5.41) is 6.33. The third kappa shape index (κ3) is 2.23. The summed E-state index contributed by atoms with van der Waals surface area (Å²) in [6.07, 6.45) is 2.53. The highest BCUT2D eigenvalue weighted by Gasteiger charge is 2.39. The van der Waals surface area contributed by atoms with Crippen molar-refractivity contribution >= 4 is 17.7 Å². The number of rotatable bonds is 3. The molecule has 1 amide bonds. The summed E-state index contributed by atoms with van der Waals surface area (Å²) in [6, 6.07) is 0.0259. The van der Waals surface area contributed by atoms with E-state index in [1.807, 2.05) is 0 Å². The van der Waals surface area contributed by atoms with Crippen molar-refractivity contribution in [3.8, 4) is 0 Å². The average molecular weight is 214 g/mol. The van der Waals surface area contributed by atoms with Gasteiger partial charge in [-0.3, -0.25) is 10.1 Å². The summed E-state index contributed by atoms with van der Waals surface area (Å²) < 4.78 is 0. The maximum absolute atomic E-state index is 11.8. The Labute approximate surface area is 89.4 Å². The molecule has 3 nitrogen and oxygen atoms in total. The molecule has 0 aromatic carbocycles. The molecule has 2 aliphatic rings. The van der Waals surface area contributed by atoms with Crippen molar-refractivity contribution in [3.05, 3.63) is 0 Å². The van der Waals surface area contributed by atoms with E-state index in [4.69, 9.17) is 0 Å². The monoisotopic (exact) mass is 214 g/mol. The molecule has 0 bridgehead atoms. The molecule has 1 saturated heterocycles. The van der Waals surface area contributed by atoms with Crippen LogP contribution in [0.15, 0.2) is 0 Å². The fourth-order valence-electron chi connectivity index (χ4n) is 1.88. The van der Waals surface area contributed by atoms with Crippen LogP contribution >= 0.6 is 11.8 Å². The van der Waals surface area contributed by atoms with Gasteiger partial charge in [0.1, 0.15) is 0 Å². The number of amides is 1. The molecule has 1 atom stereocenters. The van der Waals surface area contributed by atoms with E-state index in [0.29, 0.717) is 5.92 Å². The van der Waals surface area contributed by atoms with Crippen LogP contribution < -0.4 is 10.6 Å². The predicted molar refractivity (Wildman–Crippen MR) is 59.2 cm³/mol. The lowest BCUT2D eigenvalue weighted by atomic mass is 9.98. The van der Waals surface area contributed by atoms with Crippen LogP contribution in [-0.2, 0) is 4.79 Å². The van der Waals surface area contributed by atoms with Gasteiger partial charge in [-0.2, -0.15) is 0 Å². The van der Waals surface area contributed by atoms with Crippen LogP contribution in [0.4, 0.5) is 0 Å². The molecule has 2 N–H and O–H groups in total. The molecule has 14 heavy (non-hydrogen) atoms. The third-order valence-corrected chi connectivity index (χ3v) is 4.02. The van der Waals surface area contributed by atoms with Gasteiger partial charge in [0.2, 0.25) is 5.91 Å². The molecule has 4 heteroatoms. The van der Waals surface area contributed by atoms with Gasteiger partial charge >= 0.3 is 0 Å². The van der Waals surface area contributed by atoms with Crippen molar-refractivity contribution in [1.82, 2.24) is 10.6 Å². The summed E-state index contributed by atoms with van der Waals surface area (Å²) >= 11 is 1.79.